The summed E-state index contributed by atoms with van der Waals surface area (Å²) in [5.41, 5.74) is 3.05. The molecule has 1 N–H and O–H groups in total. The number of aryl methyl sites for hydroxylation is 1. The minimum Gasteiger partial charge on any atom is -0.496 e. The summed E-state index contributed by atoms with van der Waals surface area (Å²) in [4.78, 5) is 26.6. The van der Waals surface area contributed by atoms with Gasteiger partial charge in [-0.3, -0.25) is 9.59 Å². The number of nitrogens with zero attached hydrogens (tertiary/aromatic N) is 1. The number of fused-ring (bicyclic) bond motifs is 1. The summed E-state index contributed by atoms with van der Waals surface area (Å²) in [5, 5.41) is 3.35. The fourth-order valence-electron chi connectivity index (χ4n) is 3.18. The summed E-state index contributed by atoms with van der Waals surface area (Å²) in [5.74, 6) is 0.289. The molecule has 26 heavy (non-hydrogen) atoms. The van der Waals surface area contributed by atoms with Gasteiger partial charge in [0.2, 0.25) is 5.91 Å². The van der Waals surface area contributed by atoms with E-state index in [1.165, 1.54) is 7.11 Å². The third-order valence-corrected chi connectivity index (χ3v) is 4.70. The third kappa shape index (κ3) is 3.68. The van der Waals surface area contributed by atoms with E-state index in [9.17, 15) is 9.59 Å². The van der Waals surface area contributed by atoms with Gasteiger partial charge in [0.15, 0.2) is 0 Å². The maximum Gasteiger partial charge on any atom is 0.259 e. The van der Waals surface area contributed by atoms with Crippen LogP contribution in [0.2, 0.25) is 5.02 Å². The summed E-state index contributed by atoms with van der Waals surface area (Å²) in [6.07, 6.45) is 2.28. The molecule has 1 heterocycles. The molecule has 3 rings (SSSR count). The molecule has 0 fully saturated rings. The molecule has 0 saturated carbocycles. The number of halogens is 1. The zero-order valence-corrected chi connectivity index (χ0v) is 15.6. The van der Waals surface area contributed by atoms with E-state index in [0.717, 1.165) is 30.6 Å². The zero-order chi connectivity index (χ0) is 18.7. The van der Waals surface area contributed by atoms with Crippen molar-refractivity contribution in [3.05, 3.63) is 52.5 Å². The van der Waals surface area contributed by atoms with E-state index in [0.29, 0.717) is 28.4 Å². The molecular formula is C20H21ClN2O3. The normalized spacial score (nSPS) is 13.1. The Morgan fingerprint density at radius 1 is 1.23 bits per heavy atom. The molecule has 5 nitrogen and oxygen atoms in total. The topological polar surface area (TPSA) is 58.6 Å². The van der Waals surface area contributed by atoms with E-state index in [2.05, 4.69) is 5.32 Å². The van der Waals surface area contributed by atoms with Crippen LogP contribution in [0.3, 0.4) is 0 Å². The number of ether oxygens (including phenoxy) is 1. The standard InChI is InChI=1S/C20H21ClN2O3/c1-3-19(24)23-10-4-5-13-11-15(7-8-17(13)23)22-20(25)16-12-14(21)6-9-18(16)26-2/h6-9,11-12H,3-5,10H2,1-2H3,(H,22,25). The van der Waals surface area contributed by atoms with Crippen LogP contribution in [0.1, 0.15) is 35.7 Å². The second kappa shape index (κ2) is 7.79. The Hall–Kier alpha value is -2.53. The van der Waals surface area contributed by atoms with Gasteiger partial charge < -0.3 is 15.0 Å². The first kappa shape index (κ1) is 18.3. The smallest absolute Gasteiger partial charge is 0.259 e. The minimum atomic E-state index is -0.290. The fourth-order valence-corrected chi connectivity index (χ4v) is 3.35. The average Bonchev–Trinajstić information content (AvgIpc) is 2.66. The summed E-state index contributed by atoms with van der Waals surface area (Å²) >= 11 is 6.00. The van der Waals surface area contributed by atoms with E-state index in [1.807, 2.05) is 30.0 Å². The van der Waals surface area contributed by atoms with E-state index in [4.69, 9.17) is 16.3 Å². The number of anilines is 2. The SMILES string of the molecule is CCC(=O)N1CCCc2cc(NC(=O)c3cc(Cl)ccc3OC)ccc21. The number of amides is 2. The van der Waals surface area contributed by atoms with Crippen LogP contribution in [0.25, 0.3) is 0 Å². The van der Waals surface area contributed by atoms with Gasteiger partial charge in [-0.05, 0) is 54.8 Å². The molecule has 136 valence electrons. The minimum absolute atomic E-state index is 0.117. The van der Waals surface area contributed by atoms with Crippen molar-refractivity contribution in [2.45, 2.75) is 26.2 Å². The highest BCUT2D eigenvalue weighted by Crippen LogP contribution is 2.31. The molecule has 1 aliphatic rings. The Labute approximate surface area is 157 Å². The number of hydrogen-bond acceptors (Lipinski definition) is 3. The number of rotatable bonds is 4. The number of benzene rings is 2. The highest BCUT2D eigenvalue weighted by atomic mass is 35.5. The maximum atomic E-state index is 12.6. The maximum absolute atomic E-state index is 12.6. The van der Waals surface area contributed by atoms with Crippen molar-refractivity contribution >= 4 is 34.8 Å². The lowest BCUT2D eigenvalue weighted by molar-refractivity contribution is -0.118. The van der Waals surface area contributed by atoms with Gasteiger partial charge in [-0.2, -0.15) is 0 Å². The molecule has 0 unspecified atom stereocenters. The van der Waals surface area contributed by atoms with Crippen molar-refractivity contribution in [3.8, 4) is 5.75 Å². The summed E-state index contributed by atoms with van der Waals surface area (Å²) in [6, 6.07) is 10.6. The largest absolute Gasteiger partial charge is 0.496 e. The molecule has 1 aliphatic heterocycles. The van der Waals surface area contributed by atoms with E-state index in [-0.39, 0.29) is 11.8 Å². The van der Waals surface area contributed by atoms with E-state index < -0.39 is 0 Å². The van der Waals surface area contributed by atoms with Crippen molar-refractivity contribution in [3.63, 3.8) is 0 Å². The Balaban J connectivity index is 1.85. The van der Waals surface area contributed by atoms with Crippen molar-refractivity contribution in [1.82, 2.24) is 0 Å². The van der Waals surface area contributed by atoms with Crippen molar-refractivity contribution in [2.75, 3.05) is 23.9 Å². The molecule has 0 atom stereocenters. The van der Waals surface area contributed by atoms with E-state index >= 15 is 0 Å². The van der Waals surface area contributed by atoms with Gasteiger partial charge in [0, 0.05) is 29.4 Å². The number of carbonyl (C=O) groups is 2. The zero-order valence-electron chi connectivity index (χ0n) is 14.8. The van der Waals surface area contributed by atoms with Crippen molar-refractivity contribution in [1.29, 1.82) is 0 Å². The van der Waals surface area contributed by atoms with Gasteiger partial charge in [-0.15, -0.1) is 0 Å². The molecule has 0 bridgehead atoms. The monoisotopic (exact) mass is 372 g/mol. The molecular weight excluding hydrogens is 352 g/mol. The first-order valence-electron chi connectivity index (χ1n) is 8.61. The quantitative estimate of drug-likeness (QED) is 0.870. The van der Waals surface area contributed by atoms with Gasteiger partial charge in [0.25, 0.3) is 5.91 Å². The molecule has 6 heteroatoms. The first-order chi connectivity index (χ1) is 12.5. The molecule has 0 saturated heterocycles. The fraction of sp³-hybridized carbons (Fsp3) is 0.300. The Kier molecular flexibility index (Phi) is 5.47. The van der Waals surface area contributed by atoms with Crippen LogP contribution in [0, 0.1) is 0 Å². The Bertz CT molecular complexity index is 851. The van der Waals surface area contributed by atoms with E-state index in [1.54, 1.807) is 18.2 Å². The van der Waals surface area contributed by atoms with Crippen LogP contribution >= 0.6 is 11.6 Å². The van der Waals surface area contributed by atoms with Gasteiger partial charge in [-0.1, -0.05) is 18.5 Å². The number of hydrogen-bond donors (Lipinski definition) is 1. The molecule has 0 aliphatic carbocycles. The van der Waals surface area contributed by atoms with Gasteiger partial charge in [0.1, 0.15) is 5.75 Å². The number of methoxy groups -OCH3 is 1. The highest BCUT2D eigenvalue weighted by molar-refractivity contribution is 6.31. The van der Waals surface area contributed by atoms with Crippen LogP contribution in [0.15, 0.2) is 36.4 Å². The highest BCUT2D eigenvalue weighted by Gasteiger charge is 2.22. The predicted molar refractivity (Wildman–Crippen MR) is 103 cm³/mol. The molecule has 2 aromatic rings. The lowest BCUT2D eigenvalue weighted by Crippen LogP contribution is -2.34. The molecule has 0 aromatic heterocycles. The van der Waals surface area contributed by atoms with Gasteiger partial charge >= 0.3 is 0 Å². The molecule has 2 amide bonds. The van der Waals surface area contributed by atoms with Crippen LogP contribution in [0.4, 0.5) is 11.4 Å². The summed E-state index contributed by atoms with van der Waals surface area (Å²) < 4.78 is 5.24. The Morgan fingerprint density at radius 3 is 2.77 bits per heavy atom. The van der Waals surface area contributed by atoms with Gasteiger partial charge in [0.05, 0.1) is 12.7 Å². The Morgan fingerprint density at radius 2 is 2.04 bits per heavy atom. The van der Waals surface area contributed by atoms with Crippen LogP contribution in [-0.4, -0.2) is 25.5 Å². The van der Waals surface area contributed by atoms with Crippen LogP contribution in [-0.2, 0) is 11.2 Å². The molecule has 2 aromatic carbocycles. The number of carbonyl (C=O) groups excluding carboxylic acids is 2. The van der Waals surface area contributed by atoms with Crippen molar-refractivity contribution in [2.24, 2.45) is 0 Å². The lowest BCUT2D eigenvalue weighted by atomic mass is 10.0. The summed E-state index contributed by atoms with van der Waals surface area (Å²) in [7, 11) is 1.51. The second-order valence-electron chi connectivity index (χ2n) is 6.14. The van der Waals surface area contributed by atoms with Crippen LogP contribution < -0.4 is 15.0 Å². The third-order valence-electron chi connectivity index (χ3n) is 4.47. The van der Waals surface area contributed by atoms with Crippen LogP contribution in [0.5, 0.6) is 5.75 Å². The first-order valence-corrected chi connectivity index (χ1v) is 8.99. The van der Waals surface area contributed by atoms with Gasteiger partial charge in [-0.25, -0.2) is 0 Å². The molecule has 0 spiro atoms. The molecule has 0 radical (unpaired) electrons. The average molecular weight is 373 g/mol. The lowest BCUT2D eigenvalue weighted by Gasteiger charge is -2.29. The number of nitrogens with one attached hydrogen (secondary N) is 1. The summed E-state index contributed by atoms with van der Waals surface area (Å²) in [6.45, 7) is 2.61. The van der Waals surface area contributed by atoms with Crippen molar-refractivity contribution < 1.29 is 14.3 Å². The predicted octanol–water partition coefficient (Wildman–Crippen LogP) is 4.29. The second-order valence-corrected chi connectivity index (χ2v) is 6.58.